The van der Waals surface area contributed by atoms with Gasteiger partial charge in [0.15, 0.2) is 5.82 Å². The van der Waals surface area contributed by atoms with Crippen LogP contribution in [0.15, 0.2) is 12.7 Å². The highest BCUT2D eigenvalue weighted by Crippen LogP contribution is 2.27. The van der Waals surface area contributed by atoms with E-state index in [1.807, 2.05) is 4.57 Å². The molecule has 0 atom stereocenters. The van der Waals surface area contributed by atoms with Crippen LogP contribution in [0.5, 0.6) is 0 Å². The van der Waals surface area contributed by atoms with E-state index in [4.69, 9.17) is 23.2 Å². The average Bonchev–Trinajstić information content (AvgIpc) is 2.85. The summed E-state index contributed by atoms with van der Waals surface area (Å²) in [5, 5.41) is 8.37. The fraction of sp³-hybridized carbons (Fsp3) is 0.400. The molecule has 18 heavy (non-hydrogen) atoms. The summed E-state index contributed by atoms with van der Waals surface area (Å²) in [6.45, 7) is 2.30. The van der Waals surface area contributed by atoms with E-state index < -0.39 is 0 Å². The summed E-state index contributed by atoms with van der Waals surface area (Å²) in [6, 6.07) is 0. The molecule has 2 aromatic rings. The maximum atomic E-state index is 6.03. The first kappa shape index (κ1) is 11.7. The molecule has 0 aromatic carbocycles. The summed E-state index contributed by atoms with van der Waals surface area (Å²) in [6.07, 6.45) is 3.19. The Morgan fingerprint density at radius 2 is 2.17 bits per heavy atom. The summed E-state index contributed by atoms with van der Waals surface area (Å²) >= 11 is 11.9. The third-order valence-electron chi connectivity index (χ3n) is 2.94. The van der Waals surface area contributed by atoms with Gasteiger partial charge >= 0.3 is 0 Å². The molecule has 94 valence electrons. The molecule has 1 aliphatic heterocycles. The Labute approximate surface area is 114 Å². The maximum Gasteiger partial charge on any atom is 0.152 e. The van der Waals surface area contributed by atoms with Crippen molar-refractivity contribution in [1.29, 1.82) is 0 Å². The van der Waals surface area contributed by atoms with E-state index >= 15 is 0 Å². The number of hydrogen-bond acceptors (Lipinski definition) is 5. The van der Waals surface area contributed by atoms with Gasteiger partial charge in [-0.25, -0.2) is 9.97 Å². The fourth-order valence-electron chi connectivity index (χ4n) is 2.02. The smallest absolute Gasteiger partial charge is 0.152 e. The summed E-state index contributed by atoms with van der Waals surface area (Å²) in [5.41, 5.74) is 0.758. The fourth-order valence-corrected chi connectivity index (χ4v) is 2.53. The normalized spacial score (nSPS) is 14.7. The lowest BCUT2D eigenvalue weighted by atomic mass is 10.3. The van der Waals surface area contributed by atoms with Crippen molar-refractivity contribution in [3.8, 4) is 0 Å². The lowest BCUT2D eigenvalue weighted by Gasteiger charge is -2.29. The van der Waals surface area contributed by atoms with Gasteiger partial charge in [-0.15, -0.1) is 21.8 Å². The van der Waals surface area contributed by atoms with Crippen LogP contribution in [0, 0.1) is 0 Å². The summed E-state index contributed by atoms with van der Waals surface area (Å²) < 4.78 is 2.03. The van der Waals surface area contributed by atoms with Crippen LogP contribution < -0.4 is 4.90 Å². The van der Waals surface area contributed by atoms with Crippen LogP contribution in [0.3, 0.4) is 0 Å². The van der Waals surface area contributed by atoms with Crippen molar-refractivity contribution in [3.05, 3.63) is 29.2 Å². The Kier molecular flexibility index (Phi) is 3.05. The van der Waals surface area contributed by atoms with Gasteiger partial charge in [-0.1, -0.05) is 11.6 Å². The minimum absolute atomic E-state index is 0.290. The summed E-state index contributed by atoms with van der Waals surface area (Å²) in [4.78, 5) is 10.3. The topological polar surface area (TPSA) is 59.7 Å². The number of aromatic nitrogens is 5. The monoisotopic (exact) mass is 284 g/mol. The largest absolute Gasteiger partial charge is 0.347 e. The number of rotatable bonds is 2. The first-order chi connectivity index (χ1) is 8.79. The van der Waals surface area contributed by atoms with Crippen LogP contribution in [0.1, 0.15) is 11.4 Å². The Bertz CT molecular complexity index is 569. The lowest BCUT2D eigenvalue weighted by molar-refractivity contribution is 0.555. The molecule has 0 fully saturated rings. The van der Waals surface area contributed by atoms with E-state index in [9.17, 15) is 0 Å². The molecule has 2 aromatic heterocycles. The van der Waals surface area contributed by atoms with Crippen LogP contribution in [0.25, 0.3) is 0 Å². The van der Waals surface area contributed by atoms with Crippen molar-refractivity contribution in [1.82, 2.24) is 24.7 Å². The molecule has 0 saturated carbocycles. The second-order valence-corrected chi connectivity index (χ2v) is 4.59. The van der Waals surface area contributed by atoms with Crippen molar-refractivity contribution in [2.75, 3.05) is 11.4 Å². The van der Waals surface area contributed by atoms with Crippen LogP contribution in [-0.2, 0) is 19.0 Å². The van der Waals surface area contributed by atoms with Crippen LogP contribution in [-0.4, -0.2) is 31.3 Å². The van der Waals surface area contributed by atoms with Gasteiger partial charge in [0, 0.05) is 18.7 Å². The maximum absolute atomic E-state index is 6.03. The molecule has 0 aliphatic carbocycles. The molecule has 8 heteroatoms. The van der Waals surface area contributed by atoms with Gasteiger partial charge in [0.05, 0.1) is 12.4 Å². The third-order valence-corrected chi connectivity index (χ3v) is 3.54. The Balaban J connectivity index is 1.95. The SMILES string of the molecule is ClCc1c(Cl)ncnc1N1CCn2cnnc2C1. The van der Waals surface area contributed by atoms with Gasteiger partial charge in [0.2, 0.25) is 0 Å². The molecule has 0 spiro atoms. The van der Waals surface area contributed by atoms with Gasteiger partial charge in [-0.2, -0.15) is 0 Å². The van der Waals surface area contributed by atoms with Gasteiger partial charge in [0.1, 0.15) is 23.6 Å². The van der Waals surface area contributed by atoms with E-state index in [1.54, 1.807) is 6.33 Å². The number of halogens is 2. The van der Waals surface area contributed by atoms with E-state index in [1.165, 1.54) is 6.33 Å². The van der Waals surface area contributed by atoms with Crippen molar-refractivity contribution in [2.45, 2.75) is 19.0 Å². The number of alkyl halides is 1. The van der Waals surface area contributed by atoms with Crippen molar-refractivity contribution < 1.29 is 0 Å². The molecular formula is C10H10Cl2N6. The molecule has 0 saturated heterocycles. The molecule has 3 heterocycles. The van der Waals surface area contributed by atoms with Crippen LogP contribution in [0.4, 0.5) is 5.82 Å². The predicted octanol–water partition coefficient (Wildman–Crippen LogP) is 1.48. The first-order valence-corrected chi connectivity index (χ1v) is 6.38. The van der Waals surface area contributed by atoms with E-state index in [2.05, 4.69) is 25.1 Å². The van der Waals surface area contributed by atoms with Gasteiger partial charge in [0.25, 0.3) is 0 Å². The first-order valence-electron chi connectivity index (χ1n) is 5.46. The molecule has 0 N–H and O–H groups in total. The molecule has 6 nitrogen and oxygen atoms in total. The Hall–Kier alpha value is -1.40. The zero-order valence-corrected chi connectivity index (χ0v) is 10.9. The van der Waals surface area contributed by atoms with E-state index in [0.717, 1.165) is 30.3 Å². The molecule has 1 aliphatic rings. The van der Waals surface area contributed by atoms with Crippen LogP contribution >= 0.6 is 23.2 Å². The summed E-state index contributed by atoms with van der Waals surface area (Å²) in [7, 11) is 0. The van der Waals surface area contributed by atoms with Gasteiger partial charge < -0.3 is 9.47 Å². The third kappa shape index (κ3) is 1.91. The molecule has 0 radical (unpaired) electrons. The highest BCUT2D eigenvalue weighted by molar-refractivity contribution is 6.31. The van der Waals surface area contributed by atoms with Crippen molar-refractivity contribution in [2.24, 2.45) is 0 Å². The van der Waals surface area contributed by atoms with Crippen molar-refractivity contribution in [3.63, 3.8) is 0 Å². The quantitative estimate of drug-likeness (QED) is 0.618. The minimum Gasteiger partial charge on any atom is -0.347 e. The van der Waals surface area contributed by atoms with Crippen molar-refractivity contribution >= 4 is 29.0 Å². The van der Waals surface area contributed by atoms with E-state index in [-0.39, 0.29) is 5.88 Å². The number of fused-ring (bicyclic) bond motifs is 1. The minimum atomic E-state index is 0.290. The highest BCUT2D eigenvalue weighted by Gasteiger charge is 2.22. The van der Waals surface area contributed by atoms with Gasteiger partial charge in [-0.3, -0.25) is 0 Å². The Morgan fingerprint density at radius 1 is 1.28 bits per heavy atom. The standard InChI is InChI=1S/C10H10Cl2N6/c11-3-7-9(12)13-5-14-10(7)17-1-2-18-6-15-16-8(18)4-17/h5-6H,1-4H2. The molecule has 0 amide bonds. The average molecular weight is 285 g/mol. The van der Waals surface area contributed by atoms with E-state index in [0.29, 0.717) is 11.7 Å². The molecular weight excluding hydrogens is 275 g/mol. The second-order valence-electron chi connectivity index (χ2n) is 3.96. The zero-order chi connectivity index (χ0) is 12.5. The number of anilines is 1. The summed E-state index contributed by atoms with van der Waals surface area (Å²) in [5.74, 6) is 1.98. The zero-order valence-electron chi connectivity index (χ0n) is 9.42. The van der Waals surface area contributed by atoms with Gasteiger partial charge in [-0.05, 0) is 0 Å². The molecule has 0 unspecified atom stereocenters. The number of nitrogens with zero attached hydrogens (tertiary/aromatic N) is 6. The second kappa shape index (κ2) is 4.70. The molecule has 0 bridgehead atoms. The predicted molar refractivity (Wildman–Crippen MR) is 67.7 cm³/mol. The number of hydrogen-bond donors (Lipinski definition) is 0. The van der Waals surface area contributed by atoms with Crippen LogP contribution in [0.2, 0.25) is 5.15 Å². The molecule has 3 rings (SSSR count). The highest BCUT2D eigenvalue weighted by atomic mass is 35.5. The Morgan fingerprint density at radius 3 is 3.00 bits per heavy atom. The lowest BCUT2D eigenvalue weighted by Crippen LogP contribution is -2.34.